The van der Waals surface area contributed by atoms with Crippen molar-refractivity contribution in [1.29, 1.82) is 0 Å². The van der Waals surface area contributed by atoms with E-state index in [2.05, 4.69) is 13.8 Å². The van der Waals surface area contributed by atoms with Gasteiger partial charge in [0.15, 0.2) is 5.78 Å². The minimum absolute atomic E-state index is 0.0869. The van der Waals surface area contributed by atoms with Crippen LogP contribution in [0.3, 0.4) is 0 Å². The van der Waals surface area contributed by atoms with Crippen LogP contribution in [0.1, 0.15) is 53.7 Å². The van der Waals surface area contributed by atoms with Crippen LogP contribution in [-0.2, 0) is 0 Å². The molecule has 2 rings (SSSR count). The van der Waals surface area contributed by atoms with Crippen LogP contribution < -0.4 is 5.73 Å². The van der Waals surface area contributed by atoms with E-state index in [1.54, 1.807) is 0 Å². The van der Waals surface area contributed by atoms with Gasteiger partial charge in [-0.3, -0.25) is 4.79 Å². The number of hydrogen-bond acceptors (Lipinski definition) is 2. The summed E-state index contributed by atoms with van der Waals surface area (Å²) in [5.74, 6) is 0.594. The Morgan fingerprint density at radius 2 is 2.14 bits per heavy atom. The van der Waals surface area contributed by atoms with Gasteiger partial charge in [0.05, 0.1) is 0 Å². The molecule has 2 N–H and O–H groups in total. The molecule has 1 atom stereocenters. The minimum atomic E-state index is -0.0869. The molecule has 2 nitrogen and oxygen atoms in total. The van der Waals surface area contributed by atoms with Gasteiger partial charge in [-0.25, -0.2) is 0 Å². The zero-order valence-electron chi connectivity index (χ0n) is 8.58. The summed E-state index contributed by atoms with van der Waals surface area (Å²) >= 11 is 0. The molecule has 74 valence electrons. The van der Waals surface area contributed by atoms with Gasteiger partial charge in [0.1, 0.15) is 0 Å². The third-order valence-electron chi connectivity index (χ3n) is 2.83. The van der Waals surface area contributed by atoms with Crippen LogP contribution in [0.4, 0.5) is 0 Å². The molecule has 0 aromatic heterocycles. The molecule has 0 radical (unpaired) electrons. The molecule has 1 aromatic carbocycles. The standard InChI is InChI=1S/C12H15NO/c1-7(2)8-4-3-5-9-10(13)6-11(14)12(8)9/h3-5,7,10H,6,13H2,1-2H3. The minimum Gasteiger partial charge on any atom is -0.324 e. The normalized spacial score (nSPS) is 20.3. The number of benzene rings is 1. The summed E-state index contributed by atoms with van der Waals surface area (Å²) in [6.07, 6.45) is 0.471. The molecular weight excluding hydrogens is 174 g/mol. The number of nitrogens with two attached hydrogens (primary N) is 1. The second-order valence-corrected chi connectivity index (χ2v) is 4.20. The summed E-state index contributed by atoms with van der Waals surface area (Å²) in [5, 5.41) is 0. The molecule has 0 saturated heterocycles. The third kappa shape index (κ3) is 1.26. The number of carbonyl (C=O) groups is 1. The van der Waals surface area contributed by atoms with E-state index >= 15 is 0 Å². The first kappa shape index (κ1) is 9.41. The van der Waals surface area contributed by atoms with Crippen molar-refractivity contribution in [2.75, 3.05) is 0 Å². The van der Waals surface area contributed by atoms with Crippen LogP contribution in [0.5, 0.6) is 0 Å². The predicted molar refractivity (Wildman–Crippen MR) is 56.4 cm³/mol. The first-order valence-electron chi connectivity index (χ1n) is 5.03. The lowest BCUT2D eigenvalue weighted by Crippen LogP contribution is -2.05. The zero-order valence-corrected chi connectivity index (χ0v) is 8.58. The van der Waals surface area contributed by atoms with Crippen molar-refractivity contribution in [3.8, 4) is 0 Å². The van der Waals surface area contributed by atoms with Gasteiger partial charge < -0.3 is 5.73 Å². The Labute approximate surface area is 84.1 Å². The Morgan fingerprint density at radius 3 is 2.79 bits per heavy atom. The van der Waals surface area contributed by atoms with Gasteiger partial charge in [0, 0.05) is 18.0 Å². The van der Waals surface area contributed by atoms with Crippen LogP contribution in [0, 0.1) is 0 Å². The highest BCUT2D eigenvalue weighted by Gasteiger charge is 2.29. The number of carbonyl (C=O) groups excluding carboxylic acids is 1. The lowest BCUT2D eigenvalue weighted by atomic mass is 9.94. The number of ketones is 1. The summed E-state index contributed by atoms with van der Waals surface area (Å²) in [6, 6.07) is 5.90. The SMILES string of the molecule is CC(C)c1cccc2c1C(=O)CC2N. The van der Waals surface area contributed by atoms with Gasteiger partial charge in [0.2, 0.25) is 0 Å². The van der Waals surface area contributed by atoms with E-state index in [0.29, 0.717) is 12.3 Å². The smallest absolute Gasteiger partial charge is 0.165 e. The maximum absolute atomic E-state index is 11.7. The summed E-state index contributed by atoms with van der Waals surface area (Å²) < 4.78 is 0. The molecule has 14 heavy (non-hydrogen) atoms. The lowest BCUT2D eigenvalue weighted by molar-refractivity contribution is 0.0988. The van der Waals surface area contributed by atoms with E-state index in [0.717, 1.165) is 16.7 Å². The van der Waals surface area contributed by atoms with Gasteiger partial charge in [0.25, 0.3) is 0 Å². The van der Waals surface area contributed by atoms with Crippen LogP contribution in [-0.4, -0.2) is 5.78 Å². The van der Waals surface area contributed by atoms with E-state index in [9.17, 15) is 4.79 Å². The van der Waals surface area contributed by atoms with Crippen molar-refractivity contribution >= 4 is 5.78 Å². The highest BCUT2D eigenvalue weighted by Crippen LogP contribution is 2.34. The number of rotatable bonds is 1. The average molecular weight is 189 g/mol. The molecule has 1 aliphatic carbocycles. The van der Waals surface area contributed by atoms with Crippen LogP contribution in [0.25, 0.3) is 0 Å². The Bertz CT molecular complexity index is 382. The van der Waals surface area contributed by atoms with Gasteiger partial charge in [-0.1, -0.05) is 32.0 Å². The van der Waals surface area contributed by atoms with Gasteiger partial charge >= 0.3 is 0 Å². The Morgan fingerprint density at radius 1 is 1.43 bits per heavy atom. The molecule has 1 aliphatic rings. The molecule has 0 bridgehead atoms. The fourth-order valence-corrected chi connectivity index (χ4v) is 2.11. The van der Waals surface area contributed by atoms with E-state index in [1.165, 1.54) is 0 Å². The highest BCUT2D eigenvalue weighted by molar-refractivity contribution is 6.02. The zero-order chi connectivity index (χ0) is 10.3. The van der Waals surface area contributed by atoms with Crippen molar-refractivity contribution in [3.05, 3.63) is 34.9 Å². The molecule has 0 saturated carbocycles. The molecule has 1 unspecified atom stereocenters. The topological polar surface area (TPSA) is 43.1 Å². The molecule has 0 spiro atoms. The molecule has 2 heteroatoms. The fraction of sp³-hybridized carbons (Fsp3) is 0.417. The van der Waals surface area contributed by atoms with Crippen LogP contribution in [0.15, 0.2) is 18.2 Å². The van der Waals surface area contributed by atoms with Crippen molar-refractivity contribution in [1.82, 2.24) is 0 Å². The Balaban J connectivity index is 2.62. The van der Waals surface area contributed by atoms with Crippen molar-refractivity contribution in [2.45, 2.75) is 32.2 Å². The predicted octanol–water partition coefficient (Wildman–Crippen LogP) is 2.40. The van der Waals surface area contributed by atoms with Crippen molar-refractivity contribution in [2.24, 2.45) is 5.73 Å². The second kappa shape index (κ2) is 3.21. The maximum Gasteiger partial charge on any atom is 0.165 e. The Hall–Kier alpha value is -1.15. The van der Waals surface area contributed by atoms with E-state index in [4.69, 9.17) is 5.73 Å². The van der Waals surface area contributed by atoms with E-state index < -0.39 is 0 Å². The van der Waals surface area contributed by atoms with Crippen LogP contribution in [0.2, 0.25) is 0 Å². The van der Waals surface area contributed by atoms with Gasteiger partial charge in [-0.15, -0.1) is 0 Å². The Kier molecular flexibility index (Phi) is 2.16. The van der Waals surface area contributed by atoms with E-state index in [-0.39, 0.29) is 11.8 Å². The van der Waals surface area contributed by atoms with Crippen molar-refractivity contribution < 1.29 is 4.79 Å². The number of Topliss-reactive ketones (excluding diaryl/α,β-unsaturated/α-hetero) is 1. The summed E-state index contributed by atoms with van der Waals surface area (Å²) in [7, 11) is 0. The van der Waals surface area contributed by atoms with Crippen LogP contribution >= 0.6 is 0 Å². The largest absolute Gasteiger partial charge is 0.324 e. The molecule has 1 aromatic rings. The monoisotopic (exact) mass is 189 g/mol. The summed E-state index contributed by atoms with van der Waals surface area (Å²) in [4.78, 5) is 11.7. The average Bonchev–Trinajstić information content (AvgIpc) is 2.43. The number of fused-ring (bicyclic) bond motifs is 1. The molecule has 0 fully saturated rings. The molecular formula is C12H15NO. The van der Waals surface area contributed by atoms with Gasteiger partial charge in [-0.05, 0) is 17.0 Å². The van der Waals surface area contributed by atoms with Crippen molar-refractivity contribution in [3.63, 3.8) is 0 Å². The van der Waals surface area contributed by atoms with E-state index in [1.807, 2.05) is 18.2 Å². The van der Waals surface area contributed by atoms with Gasteiger partial charge in [-0.2, -0.15) is 0 Å². The second-order valence-electron chi connectivity index (χ2n) is 4.20. The molecule has 0 heterocycles. The molecule has 0 amide bonds. The summed E-state index contributed by atoms with van der Waals surface area (Å²) in [5.41, 5.74) is 8.94. The lowest BCUT2D eigenvalue weighted by Gasteiger charge is -2.11. The highest BCUT2D eigenvalue weighted by atomic mass is 16.1. The maximum atomic E-state index is 11.7. The quantitative estimate of drug-likeness (QED) is 0.737. The summed E-state index contributed by atoms with van der Waals surface area (Å²) in [6.45, 7) is 4.21. The third-order valence-corrected chi connectivity index (χ3v) is 2.83. The fourth-order valence-electron chi connectivity index (χ4n) is 2.11. The first-order valence-corrected chi connectivity index (χ1v) is 5.03. The first-order chi connectivity index (χ1) is 6.61. The number of hydrogen-bond donors (Lipinski definition) is 1. The molecule has 0 aliphatic heterocycles.